The molecule has 0 atom stereocenters. The van der Waals surface area contributed by atoms with Gasteiger partial charge < -0.3 is 14.6 Å². The van der Waals surface area contributed by atoms with Crippen LogP contribution in [0.5, 0.6) is 5.75 Å². The summed E-state index contributed by atoms with van der Waals surface area (Å²) < 4.78 is 7.85. The molecule has 1 saturated carbocycles. The number of aromatic nitrogens is 2. The van der Waals surface area contributed by atoms with Crippen LogP contribution in [0.2, 0.25) is 0 Å². The highest BCUT2D eigenvalue weighted by Gasteiger charge is 2.29. The molecule has 3 aromatic rings. The van der Waals surface area contributed by atoms with E-state index in [0.29, 0.717) is 29.8 Å². The average Bonchev–Trinajstić information content (AvgIpc) is 3.47. The Balaban J connectivity index is 1.46. The second-order valence-electron chi connectivity index (χ2n) is 6.66. The molecule has 1 N–H and O–H groups in total. The average molecular weight is 394 g/mol. The van der Waals surface area contributed by atoms with Crippen molar-refractivity contribution in [1.82, 2.24) is 9.55 Å². The Morgan fingerprint density at radius 1 is 1.18 bits per heavy atom. The van der Waals surface area contributed by atoms with Crippen LogP contribution in [0, 0.1) is 0 Å². The van der Waals surface area contributed by atoms with E-state index in [4.69, 9.17) is 4.74 Å². The molecule has 4 rings (SSSR count). The molecule has 0 spiro atoms. The van der Waals surface area contributed by atoms with Crippen molar-refractivity contribution in [3.05, 3.63) is 60.8 Å². The van der Waals surface area contributed by atoms with Gasteiger partial charge in [0.1, 0.15) is 5.75 Å². The van der Waals surface area contributed by atoms with E-state index in [9.17, 15) is 4.79 Å². The standard InChI is InChI=1S/C22H23N3O2S/c1-2-27-20-11-7-6-10-18(20)24-21(26)15-28-22-23-14-19(25(22)17-12-13-17)16-8-4-3-5-9-16/h3-11,14,17H,2,12-13,15H2,1H3,(H,24,26). The van der Waals surface area contributed by atoms with Crippen molar-refractivity contribution < 1.29 is 9.53 Å². The van der Waals surface area contributed by atoms with Crippen LogP contribution in [-0.4, -0.2) is 27.8 Å². The highest BCUT2D eigenvalue weighted by Crippen LogP contribution is 2.41. The summed E-state index contributed by atoms with van der Waals surface area (Å²) in [5, 5.41) is 3.84. The number of nitrogens with zero attached hydrogens (tertiary/aromatic N) is 2. The summed E-state index contributed by atoms with van der Waals surface area (Å²) in [6.45, 7) is 2.49. The molecule has 0 bridgehead atoms. The number of carbonyl (C=O) groups excluding carboxylic acids is 1. The number of thioether (sulfide) groups is 1. The third kappa shape index (κ3) is 4.22. The lowest BCUT2D eigenvalue weighted by atomic mass is 10.2. The highest BCUT2D eigenvalue weighted by atomic mass is 32.2. The minimum Gasteiger partial charge on any atom is -0.492 e. The topological polar surface area (TPSA) is 56.1 Å². The number of anilines is 1. The van der Waals surface area contributed by atoms with Gasteiger partial charge in [0.05, 0.1) is 29.9 Å². The van der Waals surface area contributed by atoms with Crippen molar-refractivity contribution in [3.63, 3.8) is 0 Å². The third-order valence-electron chi connectivity index (χ3n) is 4.54. The zero-order chi connectivity index (χ0) is 19.3. The lowest BCUT2D eigenvalue weighted by Gasteiger charge is -2.12. The third-order valence-corrected chi connectivity index (χ3v) is 5.50. The predicted octanol–water partition coefficient (Wildman–Crippen LogP) is 5.01. The van der Waals surface area contributed by atoms with Crippen LogP contribution >= 0.6 is 11.8 Å². The molecule has 1 aliphatic rings. The molecule has 1 aliphatic carbocycles. The fraction of sp³-hybridized carbons (Fsp3) is 0.273. The molecule has 1 amide bonds. The molecule has 0 radical (unpaired) electrons. The van der Waals surface area contributed by atoms with Crippen LogP contribution in [0.15, 0.2) is 66.0 Å². The van der Waals surface area contributed by atoms with Gasteiger partial charge in [-0.1, -0.05) is 54.2 Å². The van der Waals surface area contributed by atoms with Crippen LogP contribution < -0.4 is 10.1 Å². The van der Waals surface area contributed by atoms with Gasteiger partial charge in [-0.05, 0) is 37.5 Å². The van der Waals surface area contributed by atoms with Crippen molar-refractivity contribution in [2.45, 2.75) is 31.0 Å². The number of carbonyl (C=O) groups is 1. The molecule has 1 fully saturated rings. The molecule has 6 heteroatoms. The molecule has 1 aromatic heterocycles. The summed E-state index contributed by atoms with van der Waals surface area (Å²) in [4.78, 5) is 17.1. The van der Waals surface area contributed by atoms with Gasteiger partial charge >= 0.3 is 0 Å². The largest absolute Gasteiger partial charge is 0.492 e. The lowest BCUT2D eigenvalue weighted by Crippen LogP contribution is -2.15. The van der Waals surface area contributed by atoms with E-state index in [2.05, 4.69) is 27.0 Å². The second kappa shape index (κ2) is 8.52. The SMILES string of the molecule is CCOc1ccccc1NC(=O)CSc1ncc(-c2ccccc2)n1C1CC1. The summed E-state index contributed by atoms with van der Waals surface area (Å²) in [5.74, 6) is 0.927. The number of hydrogen-bond donors (Lipinski definition) is 1. The Morgan fingerprint density at radius 2 is 1.93 bits per heavy atom. The maximum Gasteiger partial charge on any atom is 0.234 e. The Labute approximate surface area is 169 Å². The van der Waals surface area contributed by atoms with Gasteiger partial charge in [-0.15, -0.1) is 0 Å². The van der Waals surface area contributed by atoms with Gasteiger partial charge in [-0.2, -0.15) is 0 Å². The molecule has 144 valence electrons. The Morgan fingerprint density at radius 3 is 2.68 bits per heavy atom. The van der Waals surface area contributed by atoms with Crippen LogP contribution in [0.4, 0.5) is 5.69 Å². The van der Waals surface area contributed by atoms with Crippen molar-refractivity contribution in [3.8, 4) is 17.0 Å². The zero-order valence-electron chi connectivity index (χ0n) is 15.8. The molecule has 28 heavy (non-hydrogen) atoms. The first-order chi connectivity index (χ1) is 13.8. The van der Waals surface area contributed by atoms with Crippen LogP contribution in [0.1, 0.15) is 25.8 Å². The number of imidazole rings is 1. The van der Waals surface area contributed by atoms with Crippen molar-refractivity contribution in [2.75, 3.05) is 17.7 Å². The normalized spacial score (nSPS) is 13.3. The molecular weight excluding hydrogens is 370 g/mol. The minimum absolute atomic E-state index is 0.0660. The van der Waals surface area contributed by atoms with E-state index in [1.165, 1.54) is 11.8 Å². The van der Waals surface area contributed by atoms with Gasteiger partial charge in [-0.3, -0.25) is 4.79 Å². The number of ether oxygens (including phenoxy) is 1. The van der Waals surface area contributed by atoms with Crippen LogP contribution in [0.3, 0.4) is 0 Å². The summed E-state index contributed by atoms with van der Waals surface area (Å²) in [6.07, 6.45) is 4.24. The number of nitrogens with one attached hydrogen (secondary N) is 1. The van der Waals surface area contributed by atoms with Gasteiger partial charge in [0, 0.05) is 6.04 Å². The van der Waals surface area contributed by atoms with Gasteiger partial charge in [0.25, 0.3) is 0 Å². The van der Waals surface area contributed by atoms with Gasteiger partial charge in [-0.25, -0.2) is 4.98 Å². The molecule has 1 heterocycles. The number of hydrogen-bond acceptors (Lipinski definition) is 4. The summed E-state index contributed by atoms with van der Waals surface area (Å²) >= 11 is 1.48. The number of benzene rings is 2. The molecule has 2 aromatic carbocycles. The maximum atomic E-state index is 12.5. The second-order valence-corrected chi connectivity index (χ2v) is 7.60. The molecule has 0 unspecified atom stereocenters. The minimum atomic E-state index is -0.0660. The first-order valence-corrected chi connectivity index (χ1v) is 10.5. The van der Waals surface area contributed by atoms with E-state index < -0.39 is 0 Å². The van der Waals surface area contributed by atoms with Gasteiger partial charge in [0.15, 0.2) is 5.16 Å². The number of rotatable bonds is 8. The summed E-state index contributed by atoms with van der Waals surface area (Å²) in [5.41, 5.74) is 2.97. The van der Waals surface area contributed by atoms with E-state index >= 15 is 0 Å². The van der Waals surface area contributed by atoms with E-state index in [0.717, 1.165) is 29.3 Å². The molecule has 5 nitrogen and oxygen atoms in total. The Hall–Kier alpha value is -2.73. The van der Waals surface area contributed by atoms with E-state index in [-0.39, 0.29) is 5.91 Å². The first-order valence-electron chi connectivity index (χ1n) is 9.53. The quantitative estimate of drug-likeness (QED) is 0.546. The summed E-state index contributed by atoms with van der Waals surface area (Å²) in [6, 6.07) is 18.3. The molecular formula is C22H23N3O2S. The molecule has 0 saturated heterocycles. The van der Waals surface area contributed by atoms with Crippen molar-refractivity contribution >= 4 is 23.4 Å². The van der Waals surface area contributed by atoms with E-state index in [1.807, 2.05) is 55.6 Å². The van der Waals surface area contributed by atoms with Crippen molar-refractivity contribution in [1.29, 1.82) is 0 Å². The fourth-order valence-electron chi connectivity index (χ4n) is 3.13. The number of para-hydroxylation sites is 2. The smallest absolute Gasteiger partial charge is 0.234 e. The Bertz CT molecular complexity index is 951. The summed E-state index contributed by atoms with van der Waals surface area (Å²) in [7, 11) is 0. The fourth-order valence-corrected chi connectivity index (χ4v) is 3.97. The Kier molecular flexibility index (Phi) is 5.67. The predicted molar refractivity (Wildman–Crippen MR) is 113 cm³/mol. The van der Waals surface area contributed by atoms with E-state index in [1.54, 1.807) is 0 Å². The zero-order valence-corrected chi connectivity index (χ0v) is 16.6. The van der Waals surface area contributed by atoms with Crippen LogP contribution in [-0.2, 0) is 4.79 Å². The number of amides is 1. The highest BCUT2D eigenvalue weighted by molar-refractivity contribution is 7.99. The van der Waals surface area contributed by atoms with Gasteiger partial charge in [0.2, 0.25) is 5.91 Å². The maximum absolute atomic E-state index is 12.5. The van der Waals surface area contributed by atoms with Crippen molar-refractivity contribution in [2.24, 2.45) is 0 Å². The first kappa shape index (κ1) is 18.6. The van der Waals surface area contributed by atoms with Crippen LogP contribution in [0.25, 0.3) is 11.3 Å². The monoisotopic (exact) mass is 393 g/mol. The lowest BCUT2D eigenvalue weighted by molar-refractivity contribution is -0.113. The molecule has 0 aliphatic heterocycles.